The summed E-state index contributed by atoms with van der Waals surface area (Å²) in [6.07, 6.45) is 2.98. The van der Waals surface area contributed by atoms with E-state index >= 15 is 0 Å². The standard InChI is InChI=1S/C16H16FN3O3S/c17-11-3-5-12(6-4-11)23-10-14(21)20-8-1-2-13(20)15(22)19-16-18-7-9-24-16/h3-7,9,13H,1-2,8,10H2,(H,18,19,22). The number of carbonyl (C=O) groups excluding carboxylic acids is 2. The normalized spacial score (nSPS) is 16.9. The summed E-state index contributed by atoms with van der Waals surface area (Å²) < 4.78 is 18.2. The molecular weight excluding hydrogens is 333 g/mol. The van der Waals surface area contributed by atoms with Crippen LogP contribution in [0.2, 0.25) is 0 Å². The van der Waals surface area contributed by atoms with Gasteiger partial charge in [0.1, 0.15) is 17.6 Å². The van der Waals surface area contributed by atoms with Crippen LogP contribution in [0.3, 0.4) is 0 Å². The summed E-state index contributed by atoms with van der Waals surface area (Å²) in [7, 11) is 0. The summed E-state index contributed by atoms with van der Waals surface area (Å²) in [5.74, 6) is -0.464. The van der Waals surface area contributed by atoms with Crippen LogP contribution in [0.25, 0.3) is 0 Å². The Bertz CT molecular complexity index is 706. The highest BCUT2D eigenvalue weighted by molar-refractivity contribution is 7.13. The lowest BCUT2D eigenvalue weighted by atomic mass is 10.2. The molecule has 1 fully saturated rings. The Labute approximate surface area is 142 Å². The minimum atomic E-state index is -0.516. The number of rotatable bonds is 5. The molecule has 1 aromatic heterocycles. The number of nitrogens with zero attached hydrogens (tertiary/aromatic N) is 2. The lowest BCUT2D eigenvalue weighted by molar-refractivity contribution is -0.138. The summed E-state index contributed by atoms with van der Waals surface area (Å²) in [5.41, 5.74) is 0. The molecule has 1 N–H and O–H groups in total. The van der Waals surface area contributed by atoms with E-state index in [9.17, 15) is 14.0 Å². The van der Waals surface area contributed by atoms with Crippen molar-refractivity contribution in [1.82, 2.24) is 9.88 Å². The van der Waals surface area contributed by atoms with Crippen LogP contribution in [-0.4, -0.2) is 40.9 Å². The zero-order valence-corrected chi connectivity index (χ0v) is 13.6. The molecule has 1 saturated heterocycles. The molecule has 0 spiro atoms. The van der Waals surface area contributed by atoms with Crippen molar-refractivity contribution in [2.75, 3.05) is 18.5 Å². The van der Waals surface area contributed by atoms with Gasteiger partial charge in [-0.3, -0.25) is 9.59 Å². The second-order valence-electron chi connectivity index (χ2n) is 5.31. The third-order valence-corrected chi connectivity index (χ3v) is 4.40. The number of amides is 2. The van der Waals surface area contributed by atoms with Gasteiger partial charge in [-0.25, -0.2) is 9.37 Å². The summed E-state index contributed by atoms with van der Waals surface area (Å²) in [6, 6.07) is 4.93. The molecule has 0 radical (unpaired) electrons. The summed E-state index contributed by atoms with van der Waals surface area (Å²) in [5, 5.41) is 5.00. The van der Waals surface area contributed by atoms with Crippen molar-refractivity contribution in [3.8, 4) is 5.75 Å². The van der Waals surface area contributed by atoms with Crippen molar-refractivity contribution in [2.24, 2.45) is 0 Å². The molecule has 8 heteroatoms. The van der Waals surface area contributed by atoms with E-state index in [4.69, 9.17) is 4.74 Å². The Morgan fingerprint density at radius 2 is 2.17 bits per heavy atom. The fourth-order valence-electron chi connectivity index (χ4n) is 2.57. The molecule has 2 aromatic rings. The Morgan fingerprint density at radius 1 is 1.38 bits per heavy atom. The second kappa shape index (κ2) is 7.39. The third kappa shape index (κ3) is 3.88. The summed E-state index contributed by atoms with van der Waals surface area (Å²) in [4.78, 5) is 30.2. The Hall–Kier alpha value is -2.48. The predicted molar refractivity (Wildman–Crippen MR) is 87.4 cm³/mol. The van der Waals surface area contributed by atoms with E-state index in [-0.39, 0.29) is 24.2 Å². The highest BCUT2D eigenvalue weighted by Crippen LogP contribution is 2.21. The zero-order valence-electron chi connectivity index (χ0n) is 12.8. The van der Waals surface area contributed by atoms with E-state index in [1.165, 1.54) is 40.5 Å². The maximum absolute atomic E-state index is 12.8. The highest BCUT2D eigenvalue weighted by Gasteiger charge is 2.34. The minimum Gasteiger partial charge on any atom is -0.484 e. The molecule has 2 heterocycles. The van der Waals surface area contributed by atoms with Gasteiger partial charge in [0.15, 0.2) is 11.7 Å². The number of thiazole rings is 1. The van der Waals surface area contributed by atoms with Gasteiger partial charge in [0.05, 0.1) is 0 Å². The monoisotopic (exact) mass is 349 g/mol. The average Bonchev–Trinajstić information content (AvgIpc) is 3.25. The Kier molecular flexibility index (Phi) is 5.05. The number of halogens is 1. The van der Waals surface area contributed by atoms with Gasteiger partial charge in [0.25, 0.3) is 5.91 Å². The number of aromatic nitrogens is 1. The van der Waals surface area contributed by atoms with Gasteiger partial charge >= 0.3 is 0 Å². The number of carbonyl (C=O) groups is 2. The lowest BCUT2D eigenvalue weighted by Crippen LogP contribution is -2.45. The van der Waals surface area contributed by atoms with Crippen molar-refractivity contribution in [3.63, 3.8) is 0 Å². The first-order valence-corrected chi connectivity index (χ1v) is 8.39. The quantitative estimate of drug-likeness (QED) is 0.899. The third-order valence-electron chi connectivity index (χ3n) is 3.71. The molecule has 1 atom stereocenters. The van der Waals surface area contributed by atoms with Crippen molar-refractivity contribution in [3.05, 3.63) is 41.7 Å². The largest absolute Gasteiger partial charge is 0.484 e. The molecule has 0 aliphatic carbocycles. The van der Waals surface area contributed by atoms with Gasteiger partial charge in [-0.05, 0) is 37.1 Å². The predicted octanol–water partition coefficient (Wildman–Crippen LogP) is 2.29. The number of nitrogens with one attached hydrogen (secondary N) is 1. The van der Waals surface area contributed by atoms with Crippen LogP contribution in [0.4, 0.5) is 9.52 Å². The van der Waals surface area contributed by atoms with Crippen molar-refractivity contribution in [2.45, 2.75) is 18.9 Å². The minimum absolute atomic E-state index is 0.188. The molecule has 1 unspecified atom stereocenters. The van der Waals surface area contributed by atoms with Crippen LogP contribution >= 0.6 is 11.3 Å². The molecule has 2 amide bonds. The molecule has 1 aliphatic heterocycles. The molecule has 6 nitrogen and oxygen atoms in total. The fraction of sp³-hybridized carbons (Fsp3) is 0.312. The van der Waals surface area contributed by atoms with Gasteiger partial charge in [-0.1, -0.05) is 0 Å². The summed E-state index contributed by atoms with van der Waals surface area (Å²) in [6.45, 7) is 0.328. The van der Waals surface area contributed by atoms with Crippen molar-refractivity contribution < 1.29 is 18.7 Å². The van der Waals surface area contributed by atoms with Gasteiger partial charge in [0.2, 0.25) is 5.91 Å². The van der Waals surface area contributed by atoms with Crippen LogP contribution in [0.5, 0.6) is 5.75 Å². The van der Waals surface area contributed by atoms with E-state index in [1.54, 1.807) is 11.6 Å². The fourth-order valence-corrected chi connectivity index (χ4v) is 3.10. The Morgan fingerprint density at radius 3 is 2.88 bits per heavy atom. The molecule has 3 rings (SSSR count). The average molecular weight is 349 g/mol. The van der Waals surface area contributed by atoms with Crippen LogP contribution < -0.4 is 10.1 Å². The number of anilines is 1. The first-order chi connectivity index (χ1) is 11.6. The van der Waals surface area contributed by atoms with Gasteiger partial charge in [-0.2, -0.15) is 0 Å². The lowest BCUT2D eigenvalue weighted by Gasteiger charge is -2.23. The molecule has 1 aromatic carbocycles. The van der Waals surface area contributed by atoms with Gasteiger partial charge in [-0.15, -0.1) is 11.3 Å². The van der Waals surface area contributed by atoms with Crippen LogP contribution in [0, 0.1) is 5.82 Å². The number of hydrogen-bond donors (Lipinski definition) is 1. The van der Waals surface area contributed by atoms with Gasteiger partial charge < -0.3 is 15.0 Å². The first kappa shape index (κ1) is 16.4. The van der Waals surface area contributed by atoms with Gasteiger partial charge in [0, 0.05) is 18.1 Å². The zero-order chi connectivity index (χ0) is 16.9. The van der Waals surface area contributed by atoms with Crippen LogP contribution in [0.1, 0.15) is 12.8 Å². The second-order valence-corrected chi connectivity index (χ2v) is 6.21. The number of likely N-dealkylation sites (tertiary alicyclic amines) is 1. The highest BCUT2D eigenvalue weighted by atomic mass is 32.1. The molecular formula is C16H16FN3O3S. The molecule has 0 saturated carbocycles. The van der Waals surface area contributed by atoms with E-state index in [1.807, 2.05) is 0 Å². The first-order valence-electron chi connectivity index (χ1n) is 7.51. The van der Waals surface area contributed by atoms with E-state index < -0.39 is 6.04 Å². The van der Waals surface area contributed by atoms with E-state index in [0.717, 1.165) is 6.42 Å². The smallest absolute Gasteiger partial charge is 0.261 e. The van der Waals surface area contributed by atoms with Crippen LogP contribution in [0.15, 0.2) is 35.8 Å². The maximum Gasteiger partial charge on any atom is 0.261 e. The Balaban J connectivity index is 1.56. The van der Waals surface area contributed by atoms with Crippen molar-refractivity contribution in [1.29, 1.82) is 0 Å². The molecule has 0 bridgehead atoms. The van der Waals surface area contributed by atoms with Crippen molar-refractivity contribution >= 4 is 28.3 Å². The SMILES string of the molecule is O=C(Nc1nccs1)C1CCCN1C(=O)COc1ccc(F)cc1. The summed E-state index contributed by atoms with van der Waals surface area (Å²) >= 11 is 1.33. The molecule has 126 valence electrons. The number of hydrogen-bond acceptors (Lipinski definition) is 5. The number of benzene rings is 1. The van der Waals surface area contributed by atoms with E-state index in [0.29, 0.717) is 23.8 Å². The van der Waals surface area contributed by atoms with Crippen LogP contribution in [-0.2, 0) is 9.59 Å². The molecule has 24 heavy (non-hydrogen) atoms. The number of ether oxygens (including phenoxy) is 1. The van der Waals surface area contributed by atoms with E-state index in [2.05, 4.69) is 10.3 Å². The molecule has 1 aliphatic rings. The topological polar surface area (TPSA) is 71.5 Å². The maximum atomic E-state index is 12.8.